The highest BCUT2D eigenvalue weighted by Crippen LogP contribution is 2.31. The number of benzene rings is 1. The Bertz CT molecular complexity index is 737. The van der Waals surface area contributed by atoms with Crippen molar-refractivity contribution < 1.29 is 14.6 Å². The van der Waals surface area contributed by atoms with Gasteiger partial charge in [0.25, 0.3) is 5.91 Å². The number of hydrazone groups is 1. The first-order valence-corrected chi connectivity index (χ1v) is 7.49. The van der Waals surface area contributed by atoms with Crippen LogP contribution in [0.15, 0.2) is 35.6 Å². The number of pyridine rings is 1. The number of aromatic hydroxyl groups is 1. The fourth-order valence-corrected chi connectivity index (χ4v) is 2.44. The van der Waals surface area contributed by atoms with Gasteiger partial charge in [-0.15, -0.1) is 0 Å². The second-order valence-electron chi connectivity index (χ2n) is 4.09. The molecule has 0 aliphatic carbocycles. The molecule has 0 radical (unpaired) electrons. The summed E-state index contributed by atoms with van der Waals surface area (Å²) in [5.74, 6) is -0.0730. The monoisotopic (exact) mass is 431 g/mol. The second kappa shape index (κ2) is 7.41. The van der Waals surface area contributed by atoms with Gasteiger partial charge in [-0.2, -0.15) is 5.10 Å². The molecule has 22 heavy (non-hydrogen) atoms. The number of nitrogens with zero attached hydrogens (tertiary/aromatic N) is 2. The lowest BCUT2D eigenvalue weighted by molar-refractivity contribution is 0.0955. The van der Waals surface area contributed by atoms with Gasteiger partial charge in [0, 0.05) is 6.20 Å². The van der Waals surface area contributed by atoms with Crippen molar-refractivity contribution in [1.82, 2.24) is 10.4 Å². The lowest BCUT2D eigenvalue weighted by Gasteiger charge is -2.06. The lowest BCUT2D eigenvalue weighted by Crippen LogP contribution is -2.18. The van der Waals surface area contributed by atoms with E-state index in [1.54, 1.807) is 24.3 Å². The molecule has 2 aromatic rings. The number of rotatable bonds is 4. The van der Waals surface area contributed by atoms with Crippen LogP contribution in [0.5, 0.6) is 11.5 Å². The number of carbonyl (C=O) groups excluding carboxylic acids is 1. The highest BCUT2D eigenvalue weighted by Gasteiger charge is 2.10. The molecule has 0 atom stereocenters. The average Bonchev–Trinajstić information content (AvgIpc) is 2.50. The Hall–Kier alpha value is -1.87. The summed E-state index contributed by atoms with van der Waals surface area (Å²) in [4.78, 5) is 15.7. The Balaban J connectivity index is 2.12. The molecule has 1 heterocycles. The molecular weight excluding hydrogens is 421 g/mol. The molecule has 114 valence electrons. The maximum Gasteiger partial charge on any atom is 0.274 e. The number of ether oxygens (including phenoxy) is 1. The van der Waals surface area contributed by atoms with Crippen molar-refractivity contribution >= 4 is 46.3 Å². The molecule has 0 spiro atoms. The molecule has 2 N–H and O–H groups in total. The van der Waals surface area contributed by atoms with E-state index in [0.717, 1.165) is 0 Å². The second-order valence-corrected chi connectivity index (χ2v) is 5.61. The van der Waals surface area contributed by atoms with E-state index in [1.165, 1.54) is 19.5 Å². The number of nitrogens with one attached hydrogen (secondary N) is 1. The highest BCUT2D eigenvalue weighted by atomic mass is 127. The van der Waals surface area contributed by atoms with Crippen LogP contribution in [0.25, 0.3) is 0 Å². The number of hydrogen-bond donors (Lipinski definition) is 2. The normalized spacial score (nSPS) is 10.7. The van der Waals surface area contributed by atoms with Gasteiger partial charge in [-0.05, 0) is 52.4 Å². The van der Waals surface area contributed by atoms with Gasteiger partial charge in [0.1, 0.15) is 5.15 Å². The summed E-state index contributed by atoms with van der Waals surface area (Å²) in [6.45, 7) is 0. The molecule has 0 saturated heterocycles. The Morgan fingerprint density at radius 1 is 1.55 bits per heavy atom. The zero-order chi connectivity index (χ0) is 16.1. The van der Waals surface area contributed by atoms with E-state index in [-0.39, 0.29) is 16.5 Å². The number of halogens is 2. The Morgan fingerprint density at radius 2 is 2.32 bits per heavy atom. The number of aromatic nitrogens is 1. The van der Waals surface area contributed by atoms with Crippen LogP contribution in [0, 0.1) is 3.57 Å². The molecule has 2 rings (SSSR count). The maximum atomic E-state index is 11.9. The molecule has 0 unspecified atom stereocenters. The summed E-state index contributed by atoms with van der Waals surface area (Å²) < 4.78 is 5.66. The largest absolute Gasteiger partial charge is 0.504 e. The number of phenolic OH excluding ortho intramolecular Hbond substituents is 1. The van der Waals surface area contributed by atoms with Crippen molar-refractivity contribution in [3.05, 3.63) is 50.3 Å². The Morgan fingerprint density at radius 3 is 3.00 bits per heavy atom. The third kappa shape index (κ3) is 3.86. The summed E-state index contributed by atoms with van der Waals surface area (Å²) in [5, 5.41) is 13.7. The molecule has 1 aromatic heterocycles. The Labute approximate surface area is 145 Å². The van der Waals surface area contributed by atoms with Crippen LogP contribution < -0.4 is 10.2 Å². The van der Waals surface area contributed by atoms with Crippen LogP contribution in [-0.2, 0) is 0 Å². The first-order chi connectivity index (χ1) is 10.5. The standard InChI is InChI=1S/C14H11ClIN3O3/c1-22-11-6-8(5-10(16)12(11)20)7-18-19-14(21)9-3-2-4-17-13(9)15/h2-7,20H,1H3,(H,19,21)/b18-7+. The number of amides is 1. The number of carbonyl (C=O) groups is 1. The quantitative estimate of drug-likeness (QED) is 0.337. The van der Waals surface area contributed by atoms with Crippen LogP contribution >= 0.6 is 34.2 Å². The molecule has 0 aliphatic heterocycles. The molecule has 8 heteroatoms. The SMILES string of the molecule is COc1cc(/C=N/NC(=O)c2cccnc2Cl)cc(I)c1O. The van der Waals surface area contributed by atoms with E-state index >= 15 is 0 Å². The van der Waals surface area contributed by atoms with Crippen molar-refractivity contribution in [3.63, 3.8) is 0 Å². The summed E-state index contributed by atoms with van der Waals surface area (Å²) in [6.07, 6.45) is 2.93. The minimum absolute atomic E-state index is 0.0615. The third-order valence-electron chi connectivity index (χ3n) is 2.65. The zero-order valence-electron chi connectivity index (χ0n) is 11.4. The molecule has 0 saturated carbocycles. The van der Waals surface area contributed by atoms with Crippen molar-refractivity contribution in [1.29, 1.82) is 0 Å². The van der Waals surface area contributed by atoms with Gasteiger partial charge >= 0.3 is 0 Å². The molecule has 0 aliphatic rings. The molecule has 1 amide bonds. The first-order valence-electron chi connectivity index (χ1n) is 6.03. The predicted octanol–water partition coefficient (Wildman–Crippen LogP) is 2.82. The van der Waals surface area contributed by atoms with Gasteiger partial charge < -0.3 is 9.84 Å². The van der Waals surface area contributed by atoms with Crippen LogP contribution in [0.2, 0.25) is 5.15 Å². The fourth-order valence-electron chi connectivity index (χ4n) is 1.60. The summed E-state index contributed by atoms with van der Waals surface area (Å²) in [7, 11) is 1.46. The zero-order valence-corrected chi connectivity index (χ0v) is 14.3. The fraction of sp³-hybridized carbons (Fsp3) is 0.0714. The first kappa shape index (κ1) is 16.5. The average molecular weight is 432 g/mol. The van der Waals surface area contributed by atoms with Gasteiger partial charge in [0.2, 0.25) is 0 Å². The van der Waals surface area contributed by atoms with Crippen molar-refractivity contribution in [2.24, 2.45) is 5.10 Å². The van der Waals surface area contributed by atoms with Crippen molar-refractivity contribution in [3.8, 4) is 11.5 Å². The Kier molecular flexibility index (Phi) is 5.56. The number of methoxy groups -OCH3 is 1. The third-order valence-corrected chi connectivity index (χ3v) is 3.78. The van der Waals surface area contributed by atoms with Crippen LogP contribution in [0.4, 0.5) is 0 Å². The highest BCUT2D eigenvalue weighted by molar-refractivity contribution is 14.1. The van der Waals surface area contributed by atoms with Crippen LogP contribution in [-0.4, -0.2) is 29.3 Å². The topological polar surface area (TPSA) is 83.8 Å². The van der Waals surface area contributed by atoms with Gasteiger partial charge in [-0.3, -0.25) is 4.79 Å². The smallest absolute Gasteiger partial charge is 0.274 e. The molecule has 1 aromatic carbocycles. The number of phenols is 1. The van der Waals surface area contributed by atoms with E-state index in [2.05, 4.69) is 15.5 Å². The van der Waals surface area contributed by atoms with Gasteiger partial charge in [0.05, 0.1) is 22.5 Å². The van der Waals surface area contributed by atoms with Crippen LogP contribution in [0.1, 0.15) is 15.9 Å². The molecular formula is C14H11ClIN3O3. The lowest BCUT2D eigenvalue weighted by atomic mass is 10.2. The van der Waals surface area contributed by atoms with E-state index < -0.39 is 5.91 Å². The van der Waals surface area contributed by atoms with E-state index in [0.29, 0.717) is 14.9 Å². The van der Waals surface area contributed by atoms with Gasteiger partial charge in [0.15, 0.2) is 11.5 Å². The van der Waals surface area contributed by atoms with Crippen molar-refractivity contribution in [2.45, 2.75) is 0 Å². The van der Waals surface area contributed by atoms with Crippen molar-refractivity contribution in [2.75, 3.05) is 7.11 Å². The van der Waals surface area contributed by atoms with E-state index in [4.69, 9.17) is 16.3 Å². The summed E-state index contributed by atoms with van der Waals surface area (Å²) >= 11 is 7.80. The van der Waals surface area contributed by atoms with E-state index in [9.17, 15) is 9.90 Å². The minimum atomic E-state index is -0.463. The maximum absolute atomic E-state index is 11.9. The van der Waals surface area contributed by atoms with Gasteiger partial charge in [-0.1, -0.05) is 11.6 Å². The van der Waals surface area contributed by atoms with E-state index in [1.807, 2.05) is 22.6 Å². The summed E-state index contributed by atoms with van der Waals surface area (Å²) in [6, 6.07) is 6.46. The molecule has 0 fully saturated rings. The predicted molar refractivity (Wildman–Crippen MR) is 91.7 cm³/mol. The number of hydrogen-bond acceptors (Lipinski definition) is 5. The van der Waals surface area contributed by atoms with Gasteiger partial charge in [-0.25, -0.2) is 10.4 Å². The van der Waals surface area contributed by atoms with Crippen LogP contribution in [0.3, 0.4) is 0 Å². The molecule has 6 nitrogen and oxygen atoms in total. The minimum Gasteiger partial charge on any atom is -0.504 e. The summed E-state index contributed by atoms with van der Waals surface area (Å²) in [5.41, 5.74) is 3.26. The molecule has 0 bridgehead atoms.